The molecule has 1 aromatic carbocycles. The van der Waals surface area contributed by atoms with E-state index in [-0.39, 0.29) is 10.9 Å². The Hall–Kier alpha value is -1.40. The van der Waals surface area contributed by atoms with Crippen molar-refractivity contribution >= 4 is 20.9 Å². The van der Waals surface area contributed by atoms with E-state index in [9.17, 15) is 8.42 Å². The Kier molecular flexibility index (Phi) is 2.47. The fourth-order valence-corrected chi connectivity index (χ4v) is 2.40. The van der Waals surface area contributed by atoms with Gasteiger partial charge in [-0.05, 0) is 19.1 Å². The molecule has 1 heterocycles. The average Bonchev–Trinajstić information content (AvgIpc) is 2.58. The van der Waals surface area contributed by atoms with Crippen LogP contribution in [0.15, 0.2) is 23.1 Å². The molecule has 0 saturated carbocycles. The molecule has 0 unspecified atom stereocenters. The number of sulfone groups is 1. The van der Waals surface area contributed by atoms with Crippen molar-refractivity contribution in [3.63, 3.8) is 0 Å². The number of para-hydroxylation sites is 1. The highest BCUT2D eigenvalue weighted by Crippen LogP contribution is 2.22. The van der Waals surface area contributed by atoms with Crippen LogP contribution in [0.1, 0.15) is 18.8 Å². The maximum absolute atomic E-state index is 11.5. The number of fused-ring (bicyclic) bond motifs is 1. The molecule has 3 N–H and O–H groups in total. The van der Waals surface area contributed by atoms with Crippen LogP contribution >= 0.6 is 0 Å². The molecule has 1 atom stereocenters. The van der Waals surface area contributed by atoms with Crippen LogP contribution < -0.4 is 5.73 Å². The SMILES string of the molecule is C[C@H](N)c1nc2cccc(S(C)(=O)=O)c2[nH]1. The predicted molar refractivity (Wildman–Crippen MR) is 61.8 cm³/mol. The summed E-state index contributed by atoms with van der Waals surface area (Å²) in [6.07, 6.45) is 1.17. The summed E-state index contributed by atoms with van der Waals surface area (Å²) >= 11 is 0. The van der Waals surface area contributed by atoms with E-state index in [1.165, 1.54) is 6.26 Å². The Morgan fingerprint density at radius 2 is 2.12 bits per heavy atom. The first kappa shape index (κ1) is 11.1. The van der Waals surface area contributed by atoms with Gasteiger partial charge in [0.1, 0.15) is 5.82 Å². The van der Waals surface area contributed by atoms with Crippen molar-refractivity contribution < 1.29 is 8.42 Å². The minimum absolute atomic E-state index is 0.250. The van der Waals surface area contributed by atoms with E-state index in [0.29, 0.717) is 16.9 Å². The third kappa shape index (κ3) is 1.81. The van der Waals surface area contributed by atoms with Crippen LogP contribution in [-0.2, 0) is 9.84 Å². The van der Waals surface area contributed by atoms with Gasteiger partial charge in [-0.3, -0.25) is 0 Å². The Morgan fingerprint density at radius 1 is 1.44 bits per heavy atom. The fourth-order valence-electron chi connectivity index (χ4n) is 1.55. The summed E-state index contributed by atoms with van der Waals surface area (Å²) in [5.74, 6) is 0.589. The lowest BCUT2D eigenvalue weighted by molar-refractivity contribution is 0.602. The third-order valence-corrected chi connectivity index (χ3v) is 3.47. The summed E-state index contributed by atoms with van der Waals surface area (Å²) < 4.78 is 23.1. The second-order valence-corrected chi connectivity index (χ2v) is 5.82. The Balaban J connectivity index is 2.78. The second kappa shape index (κ2) is 3.57. The molecule has 0 aliphatic heterocycles. The van der Waals surface area contributed by atoms with Crippen LogP contribution in [0.2, 0.25) is 0 Å². The van der Waals surface area contributed by atoms with Crippen LogP contribution in [0.25, 0.3) is 11.0 Å². The second-order valence-electron chi connectivity index (χ2n) is 3.83. The highest BCUT2D eigenvalue weighted by molar-refractivity contribution is 7.91. The van der Waals surface area contributed by atoms with Crippen molar-refractivity contribution in [3.05, 3.63) is 24.0 Å². The zero-order chi connectivity index (χ0) is 11.9. The number of aromatic nitrogens is 2. The number of hydrogen-bond donors (Lipinski definition) is 2. The van der Waals surface area contributed by atoms with Gasteiger partial charge in [0, 0.05) is 6.26 Å². The number of nitrogens with two attached hydrogens (primary N) is 1. The third-order valence-electron chi connectivity index (χ3n) is 2.33. The van der Waals surface area contributed by atoms with Gasteiger partial charge >= 0.3 is 0 Å². The quantitative estimate of drug-likeness (QED) is 0.817. The van der Waals surface area contributed by atoms with Gasteiger partial charge in [-0.25, -0.2) is 13.4 Å². The number of H-pyrrole nitrogens is 1. The molecule has 0 fully saturated rings. The zero-order valence-corrected chi connectivity index (χ0v) is 9.88. The Labute approximate surface area is 93.6 Å². The van der Waals surface area contributed by atoms with Gasteiger partial charge in [-0.2, -0.15) is 0 Å². The van der Waals surface area contributed by atoms with Crippen molar-refractivity contribution in [2.75, 3.05) is 6.26 Å². The normalized spacial score (nSPS) is 14.2. The van der Waals surface area contributed by atoms with E-state index in [2.05, 4.69) is 9.97 Å². The van der Waals surface area contributed by atoms with Crippen LogP contribution in [0, 0.1) is 0 Å². The van der Waals surface area contributed by atoms with Crippen molar-refractivity contribution in [1.82, 2.24) is 9.97 Å². The van der Waals surface area contributed by atoms with Gasteiger partial charge in [0.15, 0.2) is 9.84 Å². The van der Waals surface area contributed by atoms with E-state index >= 15 is 0 Å². The molecule has 86 valence electrons. The van der Waals surface area contributed by atoms with Gasteiger partial charge in [-0.15, -0.1) is 0 Å². The summed E-state index contributed by atoms with van der Waals surface area (Å²) in [4.78, 5) is 7.45. The Bertz CT molecular complexity index is 629. The van der Waals surface area contributed by atoms with Gasteiger partial charge in [0.05, 0.1) is 22.0 Å². The summed E-state index contributed by atoms with van der Waals surface area (Å²) in [6, 6.07) is 4.73. The molecule has 5 nitrogen and oxygen atoms in total. The zero-order valence-electron chi connectivity index (χ0n) is 9.06. The number of benzene rings is 1. The van der Waals surface area contributed by atoms with E-state index in [0.717, 1.165) is 0 Å². The highest BCUT2D eigenvalue weighted by atomic mass is 32.2. The number of aromatic amines is 1. The first-order valence-electron chi connectivity index (χ1n) is 4.84. The number of nitrogens with zero attached hydrogens (tertiary/aromatic N) is 1. The van der Waals surface area contributed by atoms with Gasteiger partial charge in [0.25, 0.3) is 0 Å². The predicted octanol–water partition coefficient (Wildman–Crippen LogP) is 0.986. The maximum Gasteiger partial charge on any atom is 0.177 e. The summed E-state index contributed by atoms with van der Waals surface area (Å²) in [7, 11) is -3.25. The van der Waals surface area contributed by atoms with Gasteiger partial charge in [-0.1, -0.05) is 6.07 Å². The summed E-state index contributed by atoms with van der Waals surface area (Å²) in [5, 5.41) is 0. The van der Waals surface area contributed by atoms with Gasteiger partial charge in [0.2, 0.25) is 0 Å². The van der Waals surface area contributed by atoms with Crippen molar-refractivity contribution in [1.29, 1.82) is 0 Å². The number of hydrogen-bond acceptors (Lipinski definition) is 4. The van der Waals surface area contributed by atoms with Crippen LogP contribution in [0.4, 0.5) is 0 Å². The molecular formula is C10H13N3O2S. The van der Waals surface area contributed by atoms with Crippen molar-refractivity contribution in [3.8, 4) is 0 Å². The topological polar surface area (TPSA) is 88.8 Å². The molecule has 2 aromatic rings. The summed E-state index contributed by atoms with van der Waals surface area (Å²) in [5.41, 5.74) is 6.84. The molecule has 1 aromatic heterocycles. The number of imidazole rings is 1. The molecule has 0 aliphatic rings. The van der Waals surface area contributed by atoms with Gasteiger partial charge < -0.3 is 10.7 Å². The minimum Gasteiger partial charge on any atom is -0.340 e. The van der Waals surface area contributed by atoms with E-state index in [1.807, 2.05) is 0 Å². The van der Waals surface area contributed by atoms with Crippen LogP contribution in [0.3, 0.4) is 0 Å². The number of rotatable bonds is 2. The molecule has 0 amide bonds. The summed E-state index contributed by atoms with van der Waals surface area (Å²) in [6.45, 7) is 1.79. The van der Waals surface area contributed by atoms with E-state index in [1.54, 1.807) is 25.1 Å². The molecule has 0 bridgehead atoms. The van der Waals surface area contributed by atoms with Crippen LogP contribution in [-0.4, -0.2) is 24.6 Å². The highest BCUT2D eigenvalue weighted by Gasteiger charge is 2.15. The first-order valence-corrected chi connectivity index (χ1v) is 6.73. The monoisotopic (exact) mass is 239 g/mol. The molecule has 0 aliphatic carbocycles. The largest absolute Gasteiger partial charge is 0.340 e. The van der Waals surface area contributed by atoms with Crippen molar-refractivity contribution in [2.24, 2.45) is 5.73 Å². The standard InChI is InChI=1S/C10H13N3O2S/c1-6(11)10-12-7-4-3-5-8(9(7)13-10)16(2,14)15/h3-6H,11H2,1-2H3,(H,12,13)/t6-/m0/s1. The fraction of sp³-hybridized carbons (Fsp3) is 0.300. The molecule has 6 heteroatoms. The molecule has 0 radical (unpaired) electrons. The Morgan fingerprint density at radius 3 is 2.69 bits per heavy atom. The lowest BCUT2D eigenvalue weighted by Crippen LogP contribution is -2.06. The minimum atomic E-state index is -3.25. The molecule has 16 heavy (non-hydrogen) atoms. The molecule has 2 rings (SSSR count). The van der Waals surface area contributed by atoms with E-state index < -0.39 is 9.84 Å². The molecule has 0 spiro atoms. The average molecular weight is 239 g/mol. The number of nitrogens with one attached hydrogen (secondary N) is 1. The molecular weight excluding hydrogens is 226 g/mol. The molecule has 0 saturated heterocycles. The lowest BCUT2D eigenvalue weighted by Gasteiger charge is -1.99. The first-order chi connectivity index (χ1) is 7.39. The maximum atomic E-state index is 11.5. The van der Waals surface area contributed by atoms with Crippen molar-refractivity contribution in [2.45, 2.75) is 17.9 Å². The van der Waals surface area contributed by atoms with Crippen LogP contribution in [0.5, 0.6) is 0 Å². The smallest absolute Gasteiger partial charge is 0.177 e. The van der Waals surface area contributed by atoms with E-state index in [4.69, 9.17) is 5.73 Å². The lowest BCUT2D eigenvalue weighted by atomic mass is 10.3.